The number of hydrogen-bond acceptors (Lipinski definition) is 2. The lowest BCUT2D eigenvalue weighted by atomic mass is 9.79. The van der Waals surface area contributed by atoms with Gasteiger partial charge in [-0.15, -0.1) is 0 Å². The van der Waals surface area contributed by atoms with Gasteiger partial charge in [-0.05, 0) is 38.0 Å². The number of hydrogen-bond donors (Lipinski definition) is 2. The van der Waals surface area contributed by atoms with Gasteiger partial charge in [0, 0.05) is 5.54 Å². The predicted molar refractivity (Wildman–Crippen MR) is 75.0 cm³/mol. The minimum atomic E-state index is -0.823. The minimum Gasteiger partial charge on any atom is -0.481 e. The molecule has 2 saturated carbocycles. The Morgan fingerprint density at radius 2 is 1.70 bits per heavy atom. The maximum Gasteiger partial charge on any atom is 0.307 e. The molecule has 3 aliphatic rings. The van der Waals surface area contributed by atoms with Crippen molar-refractivity contribution < 1.29 is 14.7 Å². The number of carboxylic acid groups (broad SMARTS) is 1. The van der Waals surface area contributed by atoms with Gasteiger partial charge in [-0.1, -0.05) is 31.4 Å². The lowest BCUT2D eigenvalue weighted by Crippen LogP contribution is -2.51. The molecular weight excluding hydrogens is 254 g/mol. The molecule has 3 aliphatic carbocycles. The molecule has 2 N–H and O–H groups in total. The van der Waals surface area contributed by atoms with Crippen LogP contribution in [-0.2, 0) is 9.59 Å². The number of carboxylic acids is 1. The molecule has 0 aromatic heterocycles. The van der Waals surface area contributed by atoms with Crippen LogP contribution in [0.1, 0.15) is 45.4 Å². The molecule has 0 heterocycles. The first-order chi connectivity index (χ1) is 9.50. The lowest BCUT2D eigenvalue weighted by Gasteiger charge is -2.37. The molecule has 4 unspecified atom stereocenters. The number of aliphatic carboxylic acids is 1. The van der Waals surface area contributed by atoms with E-state index in [-0.39, 0.29) is 29.2 Å². The van der Waals surface area contributed by atoms with Gasteiger partial charge in [-0.25, -0.2) is 0 Å². The summed E-state index contributed by atoms with van der Waals surface area (Å²) in [6.07, 6.45) is 10.4. The number of nitrogens with one attached hydrogen (secondary N) is 1. The number of amides is 1. The van der Waals surface area contributed by atoms with E-state index < -0.39 is 11.9 Å². The van der Waals surface area contributed by atoms with Gasteiger partial charge in [0.05, 0.1) is 11.8 Å². The molecule has 2 fully saturated rings. The first-order valence-electron chi connectivity index (χ1n) is 7.73. The van der Waals surface area contributed by atoms with Crippen LogP contribution in [-0.4, -0.2) is 22.5 Å². The van der Waals surface area contributed by atoms with Gasteiger partial charge in [0.1, 0.15) is 0 Å². The Morgan fingerprint density at radius 1 is 1.10 bits per heavy atom. The van der Waals surface area contributed by atoms with Crippen LogP contribution in [0.5, 0.6) is 0 Å². The van der Waals surface area contributed by atoms with Crippen LogP contribution >= 0.6 is 0 Å². The quantitative estimate of drug-likeness (QED) is 0.778. The van der Waals surface area contributed by atoms with Crippen LogP contribution in [0.2, 0.25) is 0 Å². The number of rotatable bonds is 3. The van der Waals surface area contributed by atoms with Crippen molar-refractivity contribution >= 4 is 11.9 Å². The van der Waals surface area contributed by atoms with Gasteiger partial charge >= 0.3 is 5.97 Å². The summed E-state index contributed by atoms with van der Waals surface area (Å²) >= 11 is 0. The molecule has 110 valence electrons. The SMILES string of the molecule is CC1(NC(=O)C2C3C=CC(C3)C2C(=O)O)CCCCC1. The Kier molecular flexibility index (Phi) is 3.35. The van der Waals surface area contributed by atoms with E-state index in [0.717, 1.165) is 32.1 Å². The van der Waals surface area contributed by atoms with Crippen LogP contribution in [0, 0.1) is 23.7 Å². The summed E-state index contributed by atoms with van der Waals surface area (Å²) in [5.41, 5.74) is -0.135. The maximum atomic E-state index is 12.6. The number of fused-ring (bicyclic) bond motifs is 2. The molecule has 3 rings (SSSR count). The monoisotopic (exact) mass is 277 g/mol. The van der Waals surface area contributed by atoms with E-state index in [1.165, 1.54) is 6.42 Å². The summed E-state index contributed by atoms with van der Waals surface area (Å²) in [6.45, 7) is 2.10. The van der Waals surface area contributed by atoms with Gasteiger partial charge in [-0.2, -0.15) is 0 Å². The smallest absolute Gasteiger partial charge is 0.307 e. The molecule has 20 heavy (non-hydrogen) atoms. The van der Waals surface area contributed by atoms with E-state index >= 15 is 0 Å². The zero-order valence-electron chi connectivity index (χ0n) is 12.0. The van der Waals surface area contributed by atoms with Crippen LogP contribution in [0.25, 0.3) is 0 Å². The number of carbonyl (C=O) groups is 2. The second-order valence-electron chi connectivity index (χ2n) is 6.95. The summed E-state index contributed by atoms with van der Waals surface area (Å²) in [7, 11) is 0. The molecule has 1 amide bonds. The summed E-state index contributed by atoms with van der Waals surface area (Å²) in [5, 5.41) is 12.6. The first-order valence-corrected chi connectivity index (χ1v) is 7.73. The zero-order valence-corrected chi connectivity index (χ0v) is 12.0. The van der Waals surface area contributed by atoms with Crippen LogP contribution in [0.3, 0.4) is 0 Å². The average Bonchev–Trinajstić information content (AvgIpc) is 2.98. The number of allylic oxidation sites excluding steroid dienone is 2. The molecule has 0 aromatic carbocycles. The third kappa shape index (κ3) is 2.25. The molecular formula is C16H23NO3. The predicted octanol–water partition coefficient (Wildman–Crippen LogP) is 2.35. The molecule has 0 radical (unpaired) electrons. The minimum absolute atomic E-state index is 0.0429. The Labute approximate surface area is 119 Å². The van der Waals surface area contributed by atoms with Gasteiger partial charge < -0.3 is 10.4 Å². The van der Waals surface area contributed by atoms with Gasteiger partial charge in [0.2, 0.25) is 5.91 Å². The summed E-state index contributed by atoms with van der Waals surface area (Å²) in [4.78, 5) is 24.1. The molecule has 0 saturated heterocycles. The van der Waals surface area contributed by atoms with Crippen molar-refractivity contribution in [1.29, 1.82) is 0 Å². The van der Waals surface area contributed by atoms with Gasteiger partial charge in [-0.3, -0.25) is 9.59 Å². The highest BCUT2D eigenvalue weighted by molar-refractivity contribution is 5.87. The molecule has 4 atom stereocenters. The van der Waals surface area contributed by atoms with E-state index in [4.69, 9.17) is 0 Å². The first kappa shape index (κ1) is 13.7. The van der Waals surface area contributed by atoms with E-state index in [1.807, 2.05) is 12.2 Å². The summed E-state index contributed by atoms with van der Waals surface area (Å²) in [6, 6.07) is 0. The van der Waals surface area contributed by atoms with Crippen molar-refractivity contribution in [1.82, 2.24) is 5.32 Å². The largest absolute Gasteiger partial charge is 0.481 e. The lowest BCUT2D eigenvalue weighted by molar-refractivity contribution is -0.148. The van der Waals surface area contributed by atoms with Crippen molar-refractivity contribution in [3.8, 4) is 0 Å². The van der Waals surface area contributed by atoms with Gasteiger partial charge in [0.25, 0.3) is 0 Å². The third-order valence-electron chi connectivity index (χ3n) is 5.43. The van der Waals surface area contributed by atoms with E-state index in [2.05, 4.69) is 12.2 Å². The van der Waals surface area contributed by atoms with Crippen molar-refractivity contribution in [3.63, 3.8) is 0 Å². The van der Waals surface area contributed by atoms with Crippen LogP contribution in [0.4, 0.5) is 0 Å². The molecule has 0 aromatic rings. The molecule has 4 nitrogen and oxygen atoms in total. The maximum absolute atomic E-state index is 12.6. The Balaban J connectivity index is 1.73. The summed E-state index contributed by atoms with van der Waals surface area (Å²) in [5.74, 6) is -1.60. The molecule has 2 bridgehead atoms. The highest BCUT2D eigenvalue weighted by Gasteiger charge is 2.52. The third-order valence-corrected chi connectivity index (χ3v) is 5.43. The van der Waals surface area contributed by atoms with Crippen LogP contribution in [0.15, 0.2) is 12.2 Å². The Morgan fingerprint density at radius 3 is 2.30 bits per heavy atom. The standard InChI is InChI=1S/C16H23NO3/c1-16(7-3-2-4-8-16)17-14(18)12-10-5-6-11(9-10)13(12)15(19)20/h5-6,10-13H,2-4,7-9H2,1H3,(H,17,18)(H,19,20). The van der Waals surface area contributed by atoms with E-state index in [9.17, 15) is 14.7 Å². The Hall–Kier alpha value is -1.32. The van der Waals surface area contributed by atoms with E-state index in [1.54, 1.807) is 0 Å². The second-order valence-corrected chi connectivity index (χ2v) is 6.95. The van der Waals surface area contributed by atoms with Crippen molar-refractivity contribution in [2.24, 2.45) is 23.7 Å². The normalized spacial score (nSPS) is 37.9. The van der Waals surface area contributed by atoms with Crippen molar-refractivity contribution in [2.75, 3.05) is 0 Å². The van der Waals surface area contributed by atoms with Crippen molar-refractivity contribution in [3.05, 3.63) is 12.2 Å². The topological polar surface area (TPSA) is 66.4 Å². The zero-order chi connectivity index (χ0) is 14.3. The van der Waals surface area contributed by atoms with E-state index in [0.29, 0.717) is 0 Å². The molecule has 0 spiro atoms. The second kappa shape index (κ2) is 4.90. The highest BCUT2D eigenvalue weighted by Crippen LogP contribution is 2.48. The van der Waals surface area contributed by atoms with Crippen LogP contribution < -0.4 is 5.32 Å². The van der Waals surface area contributed by atoms with Crippen molar-refractivity contribution in [2.45, 2.75) is 51.0 Å². The fraction of sp³-hybridized carbons (Fsp3) is 0.750. The Bertz CT molecular complexity index is 451. The fourth-order valence-corrected chi connectivity index (χ4v) is 4.35. The average molecular weight is 277 g/mol. The molecule has 0 aliphatic heterocycles. The number of carbonyl (C=O) groups excluding carboxylic acids is 1. The summed E-state index contributed by atoms with van der Waals surface area (Å²) < 4.78 is 0. The molecule has 4 heteroatoms. The fourth-order valence-electron chi connectivity index (χ4n) is 4.35. The highest BCUT2D eigenvalue weighted by atomic mass is 16.4. The van der Waals surface area contributed by atoms with Gasteiger partial charge in [0.15, 0.2) is 0 Å².